The number of cyclic esters (lactones) is 1. The summed E-state index contributed by atoms with van der Waals surface area (Å²) in [5.41, 5.74) is 5.81. The number of hydrogen-bond acceptors (Lipinski definition) is 9. The van der Waals surface area contributed by atoms with Crippen LogP contribution in [0.15, 0.2) is 0 Å². The van der Waals surface area contributed by atoms with Crippen molar-refractivity contribution >= 4 is 35.5 Å². The summed E-state index contributed by atoms with van der Waals surface area (Å²) in [5, 5.41) is 20.4. The lowest BCUT2D eigenvalue weighted by atomic mass is 9.94. The number of unbranched alkanes of at least 4 members (excludes halogenated alkanes) is 3. The van der Waals surface area contributed by atoms with E-state index in [2.05, 4.69) is 28.2 Å². The molecule has 1 fully saturated rings. The Bertz CT molecular complexity index is 1040. The standard InChI is InChI=1S/C32H58N6O8/c1-9-11-12-13-14-24-20(6)32(45)38(8)23(15-18(3)4)29(42)36-26(19(5)10-2)31(44)35-22(16-33)28(41)37-27(21(7)39)30(43)34-17-25(40)46-24/h18-24,26-27,39H,9-17,33H2,1-8H3,(H,34,43)(H,35,44)(H,36,42)(H,37,41)/t19?,20-,21?,22+,23+,24-,26+,27+/m1/s1. The van der Waals surface area contributed by atoms with Crippen LogP contribution in [0, 0.1) is 17.8 Å². The van der Waals surface area contributed by atoms with Crippen LogP contribution in [-0.2, 0) is 33.5 Å². The minimum Gasteiger partial charge on any atom is -0.460 e. The molecule has 0 bridgehead atoms. The summed E-state index contributed by atoms with van der Waals surface area (Å²) in [4.78, 5) is 81.6. The van der Waals surface area contributed by atoms with Crippen LogP contribution in [0.5, 0.6) is 0 Å². The number of aliphatic hydroxyl groups is 1. The van der Waals surface area contributed by atoms with Gasteiger partial charge >= 0.3 is 5.97 Å². The highest BCUT2D eigenvalue weighted by Crippen LogP contribution is 2.22. The molecule has 1 aliphatic rings. The molecule has 0 aromatic rings. The molecule has 0 saturated carbocycles. The zero-order valence-electron chi connectivity index (χ0n) is 28.9. The minimum atomic E-state index is -1.48. The molecule has 0 aromatic heterocycles. The number of amides is 5. The SMILES string of the molecule is CCCCCC[C@H]1OC(=O)CNC(=O)[C@H](C(C)O)NC(=O)[C@H](CN)NC(=O)[C@H](C(C)CC)NC(=O)[C@H](CC(C)C)N(C)C(=O)[C@@H]1C. The second-order valence-electron chi connectivity index (χ2n) is 12.9. The molecule has 14 nitrogen and oxygen atoms in total. The Morgan fingerprint density at radius 3 is 2.07 bits per heavy atom. The van der Waals surface area contributed by atoms with Crippen molar-refractivity contribution in [2.24, 2.45) is 23.5 Å². The predicted molar refractivity (Wildman–Crippen MR) is 173 cm³/mol. The van der Waals surface area contributed by atoms with Gasteiger partial charge in [0, 0.05) is 13.6 Å². The van der Waals surface area contributed by atoms with Crippen molar-refractivity contribution < 1.29 is 38.6 Å². The second kappa shape index (κ2) is 20.1. The van der Waals surface area contributed by atoms with Crippen molar-refractivity contribution in [1.82, 2.24) is 26.2 Å². The fraction of sp³-hybridized carbons (Fsp3) is 0.812. The van der Waals surface area contributed by atoms with Crippen LogP contribution >= 0.6 is 0 Å². The van der Waals surface area contributed by atoms with Gasteiger partial charge in [-0.2, -0.15) is 0 Å². The van der Waals surface area contributed by atoms with E-state index in [1.54, 1.807) is 13.8 Å². The van der Waals surface area contributed by atoms with Crippen molar-refractivity contribution in [3.8, 4) is 0 Å². The Morgan fingerprint density at radius 2 is 1.52 bits per heavy atom. The number of carbonyl (C=O) groups is 6. The molecule has 0 aliphatic carbocycles. The van der Waals surface area contributed by atoms with Crippen LogP contribution in [-0.4, -0.2) is 102 Å². The van der Waals surface area contributed by atoms with Crippen LogP contribution in [0.2, 0.25) is 0 Å². The van der Waals surface area contributed by atoms with E-state index in [1.165, 1.54) is 18.9 Å². The van der Waals surface area contributed by atoms with Gasteiger partial charge in [0.1, 0.15) is 36.8 Å². The van der Waals surface area contributed by atoms with Crippen LogP contribution in [0.1, 0.15) is 93.4 Å². The number of rotatable bonds is 11. The first-order valence-corrected chi connectivity index (χ1v) is 16.6. The highest BCUT2D eigenvalue weighted by molar-refractivity contribution is 5.96. The summed E-state index contributed by atoms with van der Waals surface area (Å²) in [6, 6.07) is -4.79. The van der Waals surface area contributed by atoms with E-state index < -0.39 is 84.3 Å². The number of carbonyl (C=O) groups excluding carboxylic acids is 6. The molecule has 0 aromatic carbocycles. The molecular weight excluding hydrogens is 596 g/mol. The van der Waals surface area contributed by atoms with E-state index >= 15 is 0 Å². The summed E-state index contributed by atoms with van der Waals surface area (Å²) in [7, 11) is 1.52. The first kappa shape index (κ1) is 40.8. The van der Waals surface area contributed by atoms with Gasteiger partial charge in [-0.05, 0) is 38.0 Å². The lowest BCUT2D eigenvalue weighted by Gasteiger charge is -2.34. The van der Waals surface area contributed by atoms with Crippen molar-refractivity contribution in [1.29, 1.82) is 0 Å². The Kier molecular flexibility index (Phi) is 17.8. The number of aliphatic hydroxyl groups excluding tert-OH is 1. The Morgan fingerprint density at radius 1 is 0.891 bits per heavy atom. The van der Waals surface area contributed by atoms with Crippen LogP contribution in [0.4, 0.5) is 0 Å². The average molecular weight is 655 g/mol. The van der Waals surface area contributed by atoms with Gasteiger partial charge in [0.15, 0.2) is 0 Å². The molecule has 46 heavy (non-hydrogen) atoms. The van der Waals surface area contributed by atoms with Gasteiger partial charge in [0.2, 0.25) is 29.5 Å². The normalized spacial score (nSPS) is 27.8. The van der Waals surface area contributed by atoms with Gasteiger partial charge in [0.25, 0.3) is 0 Å². The number of nitrogens with zero attached hydrogens (tertiary/aromatic N) is 1. The van der Waals surface area contributed by atoms with Gasteiger partial charge in [-0.25, -0.2) is 0 Å². The first-order valence-electron chi connectivity index (χ1n) is 16.6. The molecule has 2 unspecified atom stereocenters. The van der Waals surface area contributed by atoms with Crippen molar-refractivity contribution in [3.63, 3.8) is 0 Å². The van der Waals surface area contributed by atoms with E-state index in [0.29, 0.717) is 25.7 Å². The Balaban J connectivity index is 3.62. The quantitative estimate of drug-likeness (QED) is 0.134. The van der Waals surface area contributed by atoms with Gasteiger partial charge < -0.3 is 41.7 Å². The van der Waals surface area contributed by atoms with E-state index in [9.17, 15) is 33.9 Å². The molecule has 5 amide bonds. The highest BCUT2D eigenvalue weighted by atomic mass is 16.5. The number of esters is 1. The van der Waals surface area contributed by atoms with E-state index in [1.807, 2.05) is 20.8 Å². The number of ether oxygens (including phenoxy) is 1. The second-order valence-corrected chi connectivity index (χ2v) is 12.9. The Labute approximate surface area is 273 Å². The molecule has 0 spiro atoms. The maximum absolute atomic E-state index is 13.9. The lowest BCUT2D eigenvalue weighted by Crippen LogP contribution is -2.62. The highest BCUT2D eigenvalue weighted by Gasteiger charge is 2.38. The summed E-state index contributed by atoms with van der Waals surface area (Å²) >= 11 is 0. The van der Waals surface area contributed by atoms with E-state index in [-0.39, 0.29) is 18.4 Å². The molecular formula is C32H58N6O8. The first-order chi connectivity index (χ1) is 21.6. The monoisotopic (exact) mass is 654 g/mol. The molecule has 14 heteroatoms. The number of nitrogens with one attached hydrogen (secondary N) is 4. The maximum Gasteiger partial charge on any atom is 0.325 e. The lowest BCUT2D eigenvalue weighted by molar-refractivity contribution is -0.157. The number of hydrogen-bond donors (Lipinski definition) is 6. The van der Waals surface area contributed by atoms with E-state index in [0.717, 1.165) is 19.3 Å². The van der Waals surface area contributed by atoms with Gasteiger partial charge in [-0.1, -0.05) is 67.2 Å². The molecule has 7 N–H and O–H groups in total. The average Bonchev–Trinajstić information content (AvgIpc) is 3.01. The number of nitrogens with two attached hydrogens (primary N) is 1. The number of likely N-dealkylation sites (N-methyl/N-ethyl adjacent to an activating group) is 1. The molecule has 1 aliphatic heterocycles. The van der Waals surface area contributed by atoms with Gasteiger partial charge in [-0.15, -0.1) is 0 Å². The summed E-state index contributed by atoms with van der Waals surface area (Å²) in [6.45, 7) is 11.5. The minimum absolute atomic E-state index is 0.0113. The Hall–Kier alpha value is -3.26. The third-order valence-electron chi connectivity index (χ3n) is 8.52. The van der Waals surface area contributed by atoms with Gasteiger partial charge in [-0.3, -0.25) is 28.8 Å². The third-order valence-corrected chi connectivity index (χ3v) is 8.52. The zero-order valence-corrected chi connectivity index (χ0v) is 28.9. The largest absolute Gasteiger partial charge is 0.460 e. The fourth-order valence-corrected chi connectivity index (χ4v) is 5.29. The predicted octanol–water partition coefficient (Wildman–Crippen LogP) is 0.348. The zero-order chi connectivity index (χ0) is 35.1. The molecule has 264 valence electrons. The van der Waals surface area contributed by atoms with E-state index in [4.69, 9.17) is 10.5 Å². The van der Waals surface area contributed by atoms with Crippen LogP contribution in [0.25, 0.3) is 0 Å². The molecule has 1 heterocycles. The fourth-order valence-electron chi connectivity index (χ4n) is 5.29. The van der Waals surface area contributed by atoms with Crippen LogP contribution in [0.3, 0.4) is 0 Å². The van der Waals surface area contributed by atoms with Crippen LogP contribution < -0.4 is 27.0 Å². The maximum atomic E-state index is 13.9. The molecule has 1 rings (SSSR count). The summed E-state index contributed by atoms with van der Waals surface area (Å²) < 4.78 is 5.72. The summed E-state index contributed by atoms with van der Waals surface area (Å²) in [5.74, 6) is -5.28. The molecule has 8 atom stereocenters. The third kappa shape index (κ3) is 12.5. The smallest absolute Gasteiger partial charge is 0.325 e. The van der Waals surface area contributed by atoms with Crippen molar-refractivity contribution in [2.75, 3.05) is 20.1 Å². The molecule has 1 saturated heterocycles. The van der Waals surface area contributed by atoms with Crippen molar-refractivity contribution in [2.45, 2.75) is 130 Å². The molecule has 0 radical (unpaired) electrons. The van der Waals surface area contributed by atoms with Crippen molar-refractivity contribution in [3.05, 3.63) is 0 Å². The topological polar surface area (TPSA) is 209 Å². The summed E-state index contributed by atoms with van der Waals surface area (Å²) in [6.07, 6.45) is 2.52. The van der Waals surface area contributed by atoms with Gasteiger partial charge in [0.05, 0.1) is 12.0 Å².